The zero-order chi connectivity index (χ0) is 18.7. The lowest BCUT2D eigenvalue weighted by atomic mass is 9.73. The van der Waals surface area contributed by atoms with Gasteiger partial charge >= 0.3 is 0 Å². The minimum absolute atomic E-state index is 0.0420. The molecule has 4 atom stereocenters. The van der Waals surface area contributed by atoms with Crippen LogP contribution in [0.4, 0.5) is 5.82 Å². The Kier molecular flexibility index (Phi) is 3.80. The second-order valence-electron chi connectivity index (χ2n) is 9.37. The number of amides is 1. The van der Waals surface area contributed by atoms with Gasteiger partial charge in [-0.1, -0.05) is 12.2 Å². The zero-order valence-corrected chi connectivity index (χ0v) is 16.2. The van der Waals surface area contributed by atoms with Gasteiger partial charge in [-0.15, -0.1) is 0 Å². The van der Waals surface area contributed by atoms with Gasteiger partial charge in [0.05, 0.1) is 11.7 Å². The molecule has 3 aliphatic heterocycles. The summed E-state index contributed by atoms with van der Waals surface area (Å²) >= 11 is 0. The van der Waals surface area contributed by atoms with Gasteiger partial charge in [-0.3, -0.25) is 4.79 Å². The van der Waals surface area contributed by atoms with E-state index in [9.17, 15) is 4.79 Å². The summed E-state index contributed by atoms with van der Waals surface area (Å²) in [6, 6.07) is 2.19. The quantitative estimate of drug-likeness (QED) is 0.795. The molecule has 1 N–H and O–H groups in total. The van der Waals surface area contributed by atoms with E-state index in [0.717, 1.165) is 51.1 Å². The fraction of sp³-hybridized carbons (Fsp3) is 0.682. The Labute approximate surface area is 165 Å². The highest BCUT2D eigenvalue weighted by Crippen LogP contribution is 2.55. The Balaban J connectivity index is 1.16. The number of hydrogen-bond donors (Lipinski definition) is 1. The summed E-state index contributed by atoms with van der Waals surface area (Å²) in [6.07, 6.45) is 12.8. The van der Waals surface area contributed by atoms with Crippen LogP contribution in [0.15, 0.2) is 24.5 Å². The molecule has 6 rings (SSSR count). The van der Waals surface area contributed by atoms with Crippen LogP contribution in [0.1, 0.15) is 50.1 Å². The van der Waals surface area contributed by atoms with Crippen molar-refractivity contribution < 1.29 is 9.53 Å². The average Bonchev–Trinajstić information content (AvgIpc) is 3.09. The van der Waals surface area contributed by atoms with Crippen molar-refractivity contribution in [3.63, 3.8) is 0 Å². The third-order valence-corrected chi connectivity index (χ3v) is 7.67. The van der Waals surface area contributed by atoms with Crippen molar-refractivity contribution in [2.75, 3.05) is 24.5 Å². The molecule has 2 aliphatic carbocycles. The molecular formula is C22H28N4O2. The highest BCUT2D eigenvalue weighted by atomic mass is 16.5. The van der Waals surface area contributed by atoms with Crippen LogP contribution in [-0.2, 0) is 9.53 Å². The van der Waals surface area contributed by atoms with Crippen molar-refractivity contribution in [2.45, 2.75) is 56.1 Å². The zero-order valence-electron chi connectivity index (χ0n) is 16.2. The van der Waals surface area contributed by atoms with E-state index in [-0.39, 0.29) is 17.4 Å². The van der Waals surface area contributed by atoms with Crippen LogP contribution >= 0.6 is 0 Å². The largest absolute Gasteiger partial charge is 0.369 e. The highest BCUT2D eigenvalue weighted by Gasteiger charge is 2.63. The third-order valence-electron chi connectivity index (χ3n) is 7.67. The minimum atomic E-state index is -0.0420. The van der Waals surface area contributed by atoms with E-state index in [2.05, 4.69) is 38.4 Å². The highest BCUT2D eigenvalue weighted by molar-refractivity contribution is 5.79. The summed E-state index contributed by atoms with van der Waals surface area (Å²) in [5.41, 5.74) is 1.15. The van der Waals surface area contributed by atoms with Crippen molar-refractivity contribution in [1.82, 2.24) is 15.3 Å². The van der Waals surface area contributed by atoms with Gasteiger partial charge in [0.25, 0.3) is 0 Å². The van der Waals surface area contributed by atoms with Gasteiger partial charge in [0.1, 0.15) is 12.1 Å². The smallest absolute Gasteiger partial charge is 0.223 e. The third kappa shape index (κ3) is 2.68. The van der Waals surface area contributed by atoms with Gasteiger partial charge in [-0.25, -0.2) is 9.97 Å². The number of aromatic nitrogens is 2. The first-order valence-corrected chi connectivity index (χ1v) is 10.9. The normalized spacial score (nSPS) is 36.3. The molecule has 148 valence electrons. The molecule has 4 fully saturated rings. The first-order chi connectivity index (χ1) is 13.7. The van der Waals surface area contributed by atoms with Crippen LogP contribution in [-0.4, -0.2) is 47.2 Å². The molecule has 1 aromatic rings. The summed E-state index contributed by atoms with van der Waals surface area (Å²) in [7, 11) is 0. The van der Waals surface area contributed by atoms with Crippen molar-refractivity contribution in [2.24, 2.45) is 17.8 Å². The number of nitrogens with zero attached hydrogens (tertiary/aromatic N) is 3. The average molecular weight is 380 g/mol. The van der Waals surface area contributed by atoms with Crippen molar-refractivity contribution in [1.29, 1.82) is 0 Å². The topological polar surface area (TPSA) is 67.4 Å². The van der Waals surface area contributed by atoms with Crippen molar-refractivity contribution >= 4 is 11.7 Å². The molecule has 1 amide bonds. The molecule has 0 radical (unpaired) electrons. The Hall–Kier alpha value is -1.95. The van der Waals surface area contributed by atoms with E-state index in [1.165, 1.54) is 18.5 Å². The van der Waals surface area contributed by atoms with E-state index < -0.39 is 0 Å². The summed E-state index contributed by atoms with van der Waals surface area (Å²) < 4.78 is 6.55. The van der Waals surface area contributed by atoms with Crippen molar-refractivity contribution in [3.8, 4) is 0 Å². The molecule has 2 bridgehead atoms. The first kappa shape index (κ1) is 17.0. The molecule has 1 aromatic heterocycles. The second-order valence-corrected chi connectivity index (χ2v) is 9.37. The van der Waals surface area contributed by atoms with Crippen LogP contribution in [0.5, 0.6) is 0 Å². The molecule has 0 unspecified atom stereocenters. The fourth-order valence-corrected chi connectivity index (χ4v) is 5.97. The number of hydrogen-bond acceptors (Lipinski definition) is 5. The van der Waals surface area contributed by atoms with Gasteiger partial charge in [-0.05, 0) is 38.5 Å². The monoisotopic (exact) mass is 380 g/mol. The van der Waals surface area contributed by atoms with Crippen LogP contribution < -0.4 is 10.2 Å². The molecular weight excluding hydrogens is 352 g/mol. The number of carbonyl (C=O) groups is 1. The van der Waals surface area contributed by atoms with Gasteiger partial charge in [-0.2, -0.15) is 0 Å². The molecule has 6 heteroatoms. The predicted octanol–water partition coefficient (Wildman–Crippen LogP) is 2.42. The predicted molar refractivity (Wildman–Crippen MR) is 105 cm³/mol. The van der Waals surface area contributed by atoms with E-state index in [4.69, 9.17) is 4.74 Å². The molecule has 4 heterocycles. The van der Waals surface area contributed by atoms with E-state index in [1.807, 2.05) is 0 Å². The van der Waals surface area contributed by atoms with Gasteiger partial charge in [0, 0.05) is 55.1 Å². The number of ether oxygens (including phenoxy) is 1. The lowest BCUT2D eigenvalue weighted by Crippen LogP contribution is -2.43. The van der Waals surface area contributed by atoms with E-state index in [0.29, 0.717) is 23.9 Å². The molecule has 0 aromatic carbocycles. The van der Waals surface area contributed by atoms with Crippen LogP contribution in [0, 0.1) is 17.8 Å². The number of rotatable bonds is 5. The SMILES string of the molecule is O=C(NC[C@H]1[C@H]2CN(c3cc(C4CC4)ncn3)C[C@]23CC[C@H]1O3)C1CC=CC1. The maximum absolute atomic E-state index is 12.5. The van der Waals surface area contributed by atoms with Crippen molar-refractivity contribution in [3.05, 3.63) is 30.2 Å². The Morgan fingerprint density at radius 2 is 2.11 bits per heavy atom. The van der Waals surface area contributed by atoms with E-state index in [1.54, 1.807) is 6.33 Å². The molecule has 28 heavy (non-hydrogen) atoms. The van der Waals surface area contributed by atoms with Gasteiger partial charge < -0.3 is 15.0 Å². The number of nitrogens with one attached hydrogen (secondary N) is 1. The fourth-order valence-electron chi connectivity index (χ4n) is 5.97. The standard InChI is InChI=1S/C22H28N4O2/c27-21(15-3-1-2-4-15)23-10-16-17-11-26(12-22(17)8-7-19(16)28-22)20-9-18(14-5-6-14)24-13-25-20/h1-2,9,13-17,19H,3-8,10-12H2,(H,23,27)/t16-,17+,19+,22+/m0/s1. The molecule has 3 saturated heterocycles. The van der Waals surface area contributed by atoms with Crippen LogP contribution in [0.3, 0.4) is 0 Å². The number of allylic oxidation sites excluding steroid dienone is 2. The first-order valence-electron chi connectivity index (χ1n) is 10.9. The number of fused-ring (bicyclic) bond motifs is 1. The Morgan fingerprint density at radius 1 is 1.25 bits per heavy atom. The Bertz CT molecular complexity index is 815. The van der Waals surface area contributed by atoms with Crippen LogP contribution in [0.25, 0.3) is 0 Å². The second kappa shape index (κ2) is 6.28. The van der Waals surface area contributed by atoms with Gasteiger partial charge in [0.15, 0.2) is 0 Å². The number of carbonyl (C=O) groups excluding carboxylic acids is 1. The minimum Gasteiger partial charge on any atom is -0.369 e. The maximum atomic E-state index is 12.5. The van der Waals surface area contributed by atoms with Crippen LogP contribution in [0.2, 0.25) is 0 Å². The summed E-state index contributed by atoms with van der Waals surface area (Å²) in [5.74, 6) is 2.93. The summed E-state index contributed by atoms with van der Waals surface area (Å²) in [6.45, 7) is 2.65. The summed E-state index contributed by atoms with van der Waals surface area (Å²) in [5, 5.41) is 3.24. The molecule has 1 saturated carbocycles. The van der Waals surface area contributed by atoms with Gasteiger partial charge in [0.2, 0.25) is 5.91 Å². The molecule has 5 aliphatic rings. The lowest BCUT2D eigenvalue weighted by molar-refractivity contribution is -0.124. The number of anilines is 1. The van der Waals surface area contributed by atoms with E-state index >= 15 is 0 Å². The lowest BCUT2D eigenvalue weighted by Gasteiger charge is -2.29. The summed E-state index contributed by atoms with van der Waals surface area (Å²) in [4.78, 5) is 23.9. The maximum Gasteiger partial charge on any atom is 0.223 e. The molecule has 1 spiro atoms. The molecule has 6 nitrogen and oxygen atoms in total. The Morgan fingerprint density at radius 3 is 2.93 bits per heavy atom.